The van der Waals surface area contributed by atoms with Gasteiger partial charge in [-0.2, -0.15) is 0 Å². The monoisotopic (exact) mass is 249 g/mol. The van der Waals surface area contributed by atoms with Crippen LogP contribution in [0, 0.1) is 5.92 Å². The van der Waals surface area contributed by atoms with Gasteiger partial charge in [0.2, 0.25) is 0 Å². The van der Waals surface area contributed by atoms with Gasteiger partial charge in [-0.15, -0.1) is 0 Å². The lowest BCUT2D eigenvalue weighted by molar-refractivity contribution is 0.0241. The Morgan fingerprint density at radius 3 is 2.94 bits per heavy atom. The zero-order chi connectivity index (χ0) is 12.6. The maximum Gasteiger partial charge on any atom is 0.119 e. The molecule has 1 N–H and O–H groups in total. The zero-order valence-electron chi connectivity index (χ0n) is 11.1. The van der Waals surface area contributed by atoms with Crippen LogP contribution in [-0.4, -0.2) is 32.4 Å². The van der Waals surface area contributed by atoms with E-state index in [-0.39, 0.29) is 0 Å². The minimum Gasteiger partial charge on any atom is -0.494 e. The highest BCUT2D eigenvalue weighted by atomic mass is 16.5. The van der Waals surface area contributed by atoms with Gasteiger partial charge in [-0.05, 0) is 31.5 Å². The molecule has 0 amide bonds. The summed E-state index contributed by atoms with van der Waals surface area (Å²) in [5, 5.41) is 3.55. The molecule has 3 nitrogen and oxygen atoms in total. The molecule has 1 aliphatic heterocycles. The Morgan fingerprint density at radius 2 is 2.17 bits per heavy atom. The standard InChI is InChI=1S/C15H23NO2/c1-2-16-15-9-10-17-12-13(15)8-11-18-14-6-4-3-5-7-14/h3-7,13,15-16H,2,8-12H2,1H3. The topological polar surface area (TPSA) is 30.5 Å². The van der Waals surface area contributed by atoms with Gasteiger partial charge in [0.15, 0.2) is 0 Å². The first kappa shape index (κ1) is 13.4. The second-order valence-corrected chi connectivity index (χ2v) is 4.74. The van der Waals surface area contributed by atoms with E-state index in [0.29, 0.717) is 12.0 Å². The molecule has 18 heavy (non-hydrogen) atoms. The van der Waals surface area contributed by atoms with Gasteiger partial charge in [-0.25, -0.2) is 0 Å². The normalized spacial score (nSPS) is 23.8. The van der Waals surface area contributed by atoms with Gasteiger partial charge >= 0.3 is 0 Å². The van der Waals surface area contributed by atoms with Crippen LogP contribution >= 0.6 is 0 Å². The van der Waals surface area contributed by atoms with Crippen LogP contribution in [0.5, 0.6) is 5.75 Å². The summed E-state index contributed by atoms with van der Waals surface area (Å²) in [6.07, 6.45) is 2.16. The fourth-order valence-electron chi connectivity index (χ4n) is 2.46. The Balaban J connectivity index is 1.74. The van der Waals surface area contributed by atoms with Crippen molar-refractivity contribution in [2.24, 2.45) is 5.92 Å². The van der Waals surface area contributed by atoms with Crippen molar-refractivity contribution >= 4 is 0 Å². The van der Waals surface area contributed by atoms with Crippen molar-refractivity contribution in [2.45, 2.75) is 25.8 Å². The van der Waals surface area contributed by atoms with Gasteiger partial charge in [0.05, 0.1) is 13.2 Å². The minimum atomic E-state index is 0.572. The summed E-state index contributed by atoms with van der Waals surface area (Å²) in [5.41, 5.74) is 0. The third-order valence-electron chi connectivity index (χ3n) is 3.44. The molecule has 100 valence electrons. The summed E-state index contributed by atoms with van der Waals surface area (Å²) in [6.45, 7) is 5.69. The van der Waals surface area contributed by atoms with Crippen LogP contribution in [0.25, 0.3) is 0 Å². The maximum atomic E-state index is 5.75. The summed E-state index contributed by atoms with van der Waals surface area (Å²) in [7, 11) is 0. The molecule has 1 heterocycles. The Kier molecular flexibility index (Phi) is 5.49. The molecule has 1 aromatic rings. The lowest BCUT2D eigenvalue weighted by Crippen LogP contribution is -2.43. The van der Waals surface area contributed by atoms with E-state index in [1.54, 1.807) is 0 Å². The quantitative estimate of drug-likeness (QED) is 0.840. The number of benzene rings is 1. The highest BCUT2D eigenvalue weighted by molar-refractivity contribution is 5.20. The SMILES string of the molecule is CCNC1CCOCC1CCOc1ccccc1. The molecule has 1 fully saturated rings. The van der Waals surface area contributed by atoms with Gasteiger partial charge in [0, 0.05) is 18.6 Å². The number of nitrogens with one attached hydrogen (secondary N) is 1. The Morgan fingerprint density at radius 1 is 1.33 bits per heavy atom. The van der Waals surface area contributed by atoms with Crippen LogP contribution in [0.15, 0.2) is 30.3 Å². The molecule has 0 bridgehead atoms. The van der Waals surface area contributed by atoms with Crippen molar-refractivity contribution in [2.75, 3.05) is 26.4 Å². The molecule has 0 spiro atoms. The van der Waals surface area contributed by atoms with Gasteiger partial charge in [0.1, 0.15) is 5.75 Å². The molecule has 2 unspecified atom stereocenters. The van der Waals surface area contributed by atoms with Crippen molar-refractivity contribution in [3.8, 4) is 5.75 Å². The lowest BCUT2D eigenvalue weighted by Gasteiger charge is -2.32. The van der Waals surface area contributed by atoms with Gasteiger partial charge in [0.25, 0.3) is 0 Å². The van der Waals surface area contributed by atoms with E-state index >= 15 is 0 Å². The van der Waals surface area contributed by atoms with Gasteiger partial charge in [-0.3, -0.25) is 0 Å². The van der Waals surface area contributed by atoms with Gasteiger partial charge in [-0.1, -0.05) is 25.1 Å². The van der Waals surface area contributed by atoms with Crippen molar-refractivity contribution in [3.05, 3.63) is 30.3 Å². The van der Waals surface area contributed by atoms with Crippen LogP contribution < -0.4 is 10.1 Å². The molecule has 2 rings (SSSR count). The first-order valence-corrected chi connectivity index (χ1v) is 6.89. The van der Waals surface area contributed by atoms with Crippen molar-refractivity contribution in [1.29, 1.82) is 0 Å². The van der Waals surface area contributed by atoms with E-state index in [4.69, 9.17) is 9.47 Å². The average molecular weight is 249 g/mol. The lowest BCUT2D eigenvalue weighted by atomic mass is 9.93. The number of rotatable bonds is 6. The summed E-state index contributed by atoms with van der Waals surface area (Å²) in [5.74, 6) is 1.52. The molecule has 0 saturated carbocycles. The Hall–Kier alpha value is -1.06. The average Bonchev–Trinajstić information content (AvgIpc) is 2.42. The number of hydrogen-bond donors (Lipinski definition) is 1. The van der Waals surface area contributed by atoms with E-state index in [9.17, 15) is 0 Å². The van der Waals surface area contributed by atoms with Crippen LogP contribution in [0.2, 0.25) is 0 Å². The van der Waals surface area contributed by atoms with Crippen LogP contribution in [0.4, 0.5) is 0 Å². The number of ether oxygens (including phenoxy) is 2. The smallest absolute Gasteiger partial charge is 0.119 e. The Bertz CT molecular complexity index is 327. The fraction of sp³-hybridized carbons (Fsp3) is 0.600. The number of para-hydroxylation sites is 1. The second-order valence-electron chi connectivity index (χ2n) is 4.74. The molecule has 1 saturated heterocycles. The van der Waals surface area contributed by atoms with Crippen molar-refractivity contribution in [3.63, 3.8) is 0 Å². The zero-order valence-corrected chi connectivity index (χ0v) is 11.1. The Labute approximate surface area is 109 Å². The molecule has 3 heteroatoms. The molecular formula is C15H23NO2. The predicted octanol–water partition coefficient (Wildman–Crippen LogP) is 2.47. The van der Waals surface area contributed by atoms with Gasteiger partial charge < -0.3 is 14.8 Å². The molecule has 0 aliphatic carbocycles. The molecule has 1 aromatic carbocycles. The summed E-state index contributed by atoms with van der Waals surface area (Å²) < 4.78 is 11.3. The van der Waals surface area contributed by atoms with Crippen LogP contribution in [-0.2, 0) is 4.74 Å². The van der Waals surface area contributed by atoms with Crippen LogP contribution in [0.1, 0.15) is 19.8 Å². The first-order valence-electron chi connectivity index (χ1n) is 6.89. The van der Waals surface area contributed by atoms with Crippen LogP contribution in [0.3, 0.4) is 0 Å². The summed E-state index contributed by atoms with van der Waals surface area (Å²) >= 11 is 0. The molecule has 0 aromatic heterocycles. The van der Waals surface area contributed by atoms with Crippen molar-refractivity contribution in [1.82, 2.24) is 5.32 Å². The minimum absolute atomic E-state index is 0.572. The van der Waals surface area contributed by atoms with E-state index in [2.05, 4.69) is 12.2 Å². The molecule has 1 aliphatic rings. The van der Waals surface area contributed by atoms with E-state index in [1.165, 1.54) is 0 Å². The summed E-state index contributed by atoms with van der Waals surface area (Å²) in [6, 6.07) is 10.6. The molecule has 2 atom stereocenters. The molecular weight excluding hydrogens is 226 g/mol. The first-order chi connectivity index (χ1) is 8.90. The van der Waals surface area contributed by atoms with Crippen molar-refractivity contribution < 1.29 is 9.47 Å². The van der Waals surface area contributed by atoms with E-state index in [0.717, 1.165) is 45.0 Å². The maximum absolute atomic E-state index is 5.75. The predicted molar refractivity (Wildman–Crippen MR) is 72.9 cm³/mol. The summed E-state index contributed by atoms with van der Waals surface area (Å²) in [4.78, 5) is 0. The largest absolute Gasteiger partial charge is 0.494 e. The number of hydrogen-bond acceptors (Lipinski definition) is 3. The van der Waals surface area contributed by atoms with E-state index in [1.807, 2.05) is 30.3 Å². The molecule has 0 radical (unpaired) electrons. The third-order valence-corrected chi connectivity index (χ3v) is 3.44. The highest BCUT2D eigenvalue weighted by Gasteiger charge is 2.24. The fourth-order valence-corrected chi connectivity index (χ4v) is 2.46. The highest BCUT2D eigenvalue weighted by Crippen LogP contribution is 2.19. The van der Waals surface area contributed by atoms with E-state index < -0.39 is 0 Å². The second kappa shape index (κ2) is 7.39. The third kappa shape index (κ3) is 4.00.